The number of H-pyrrole nitrogens is 1. The lowest BCUT2D eigenvalue weighted by Crippen LogP contribution is -2.42. The van der Waals surface area contributed by atoms with Gasteiger partial charge in [-0.25, -0.2) is 4.98 Å². The number of nitrogens with two attached hydrogens (primary N) is 1. The smallest absolute Gasteiger partial charge is 0.237 e. The second-order valence-corrected chi connectivity index (χ2v) is 5.61. The van der Waals surface area contributed by atoms with Crippen LogP contribution in [0.25, 0.3) is 11.0 Å². The first-order valence-corrected chi connectivity index (χ1v) is 6.98. The van der Waals surface area contributed by atoms with E-state index in [2.05, 4.69) is 29.1 Å². The van der Waals surface area contributed by atoms with Crippen molar-refractivity contribution in [2.45, 2.75) is 39.3 Å². The third-order valence-electron chi connectivity index (χ3n) is 3.24. The lowest BCUT2D eigenvalue weighted by atomic mass is 10.0. The number of nitrogens with one attached hydrogen (secondary N) is 2. The van der Waals surface area contributed by atoms with Gasteiger partial charge >= 0.3 is 0 Å². The Morgan fingerprint density at radius 2 is 1.91 bits per heavy atom. The second-order valence-electron chi connectivity index (χ2n) is 5.61. The fourth-order valence-corrected chi connectivity index (χ4v) is 2.18. The van der Waals surface area contributed by atoms with Crippen molar-refractivity contribution >= 4 is 41.8 Å². The molecule has 0 radical (unpaired) electrons. The van der Waals surface area contributed by atoms with Crippen LogP contribution in [0, 0.1) is 5.92 Å². The molecule has 2 atom stereocenters. The van der Waals surface area contributed by atoms with Gasteiger partial charge in [0.15, 0.2) is 0 Å². The first kappa shape index (κ1) is 20.7. The summed E-state index contributed by atoms with van der Waals surface area (Å²) in [6.07, 6.45) is 0.679. The number of amides is 1. The van der Waals surface area contributed by atoms with Crippen LogP contribution < -0.4 is 11.1 Å². The molecule has 7 heteroatoms. The van der Waals surface area contributed by atoms with Crippen molar-refractivity contribution in [2.24, 2.45) is 11.7 Å². The molecule has 22 heavy (non-hydrogen) atoms. The van der Waals surface area contributed by atoms with Crippen LogP contribution in [0.2, 0.25) is 0 Å². The number of rotatable bonds is 5. The van der Waals surface area contributed by atoms with Crippen molar-refractivity contribution in [3.8, 4) is 0 Å². The average Bonchev–Trinajstić information content (AvgIpc) is 2.81. The number of hydrogen-bond donors (Lipinski definition) is 3. The average molecular weight is 347 g/mol. The largest absolute Gasteiger partial charge is 0.345 e. The van der Waals surface area contributed by atoms with Crippen molar-refractivity contribution in [1.29, 1.82) is 0 Å². The van der Waals surface area contributed by atoms with E-state index in [1.54, 1.807) is 0 Å². The molecule has 1 aromatic carbocycles. The van der Waals surface area contributed by atoms with Crippen LogP contribution in [0.1, 0.15) is 39.1 Å². The molecule has 0 fully saturated rings. The maximum Gasteiger partial charge on any atom is 0.237 e. The van der Waals surface area contributed by atoms with Crippen LogP contribution in [0.15, 0.2) is 24.3 Å². The van der Waals surface area contributed by atoms with Crippen molar-refractivity contribution in [3.63, 3.8) is 0 Å². The zero-order chi connectivity index (χ0) is 14.7. The second kappa shape index (κ2) is 8.98. The fourth-order valence-electron chi connectivity index (χ4n) is 2.18. The quantitative estimate of drug-likeness (QED) is 0.777. The summed E-state index contributed by atoms with van der Waals surface area (Å²) >= 11 is 0. The molecule has 124 valence electrons. The van der Waals surface area contributed by atoms with Gasteiger partial charge < -0.3 is 16.0 Å². The molecular formula is C15H24Cl2N4O. The summed E-state index contributed by atoms with van der Waals surface area (Å²) in [5.74, 6) is 1.01. The van der Waals surface area contributed by atoms with Gasteiger partial charge in [-0.15, -0.1) is 24.8 Å². The van der Waals surface area contributed by atoms with E-state index >= 15 is 0 Å². The van der Waals surface area contributed by atoms with Crippen LogP contribution >= 0.6 is 24.8 Å². The zero-order valence-corrected chi connectivity index (χ0v) is 14.6. The number of halogens is 2. The van der Waals surface area contributed by atoms with Crippen LogP contribution in [0.3, 0.4) is 0 Å². The molecule has 4 N–H and O–H groups in total. The number of benzene rings is 1. The molecule has 2 aromatic rings. The predicted molar refractivity (Wildman–Crippen MR) is 94.6 cm³/mol. The van der Waals surface area contributed by atoms with Crippen LogP contribution in [0.5, 0.6) is 0 Å². The number of carbonyl (C=O) groups is 1. The molecule has 1 amide bonds. The highest BCUT2D eigenvalue weighted by Crippen LogP contribution is 2.15. The van der Waals surface area contributed by atoms with Gasteiger partial charge in [0, 0.05) is 0 Å². The van der Waals surface area contributed by atoms with Gasteiger partial charge in [-0.05, 0) is 31.4 Å². The summed E-state index contributed by atoms with van der Waals surface area (Å²) in [4.78, 5) is 19.7. The summed E-state index contributed by atoms with van der Waals surface area (Å²) < 4.78 is 0. The Morgan fingerprint density at radius 1 is 1.27 bits per heavy atom. The standard InChI is InChI=1S/C15H22N4O.2ClH/c1-9(2)8-11(16)15(20)17-10(3)14-18-12-6-4-5-7-13(12)19-14;;/h4-7,9-11H,8,16H2,1-3H3,(H,17,20)(H,18,19);2*1H/t10?,11-;;/m0../s1. The van der Waals surface area contributed by atoms with Gasteiger partial charge in [-0.3, -0.25) is 4.79 Å². The molecule has 0 saturated heterocycles. The van der Waals surface area contributed by atoms with E-state index in [1.165, 1.54) is 0 Å². The number of fused-ring (bicyclic) bond motifs is 1. The number of aromatic nitrogens is 2. The molecule has 1 heterocycles. The molecule has 0 aliphatic rings. The summed E-state index contributed by atoms with van der Waals surface area (Å²) in [7, 11) is 0. The first-order chi connectivity index (χ1) is 9.47. The maximum absolute atomic E-state index is 12.0. The topological polar surface area (TPSA) is 83.8 Å². The minimum atomic E-state index is -0.471. The van der Waals surface area contributed by atoms with Crippen molar-refractivity contribution in [2.75, 3.05) is 0 Å². The Balaban J connectivity index is 0.00000220. The number of nitrogens with zero attached hydrogens (tertiary/aromatic N) is 1. The normalized spacial score (nSPS) is 13.1. The van der Waals surface area contributed by atoms with Gasteiger partial charge in [-0.1, -0.05) is 26.0 Å². The van der Waals surface area contributed by atoms with Crippen molar-refractivity contribution in [1.82, 2.24) is 15.3 Å². The number of carbonyl (C=O) groups excluding carboxylic acids is 1. The molecule has 0 aliphatic heterocycles. The Bertz CT molecular complexity index is 567. The van der Waals surface area contributed by atoms with Gasteiger partial charge in [-0.2, -0.15) is 0 Å². The third kappa shape index (κ3) is 5.16. The van der Waals surface area contributed by atoms with Crippen molar-refractivity contribution in [3.05, 3.63) is 30.1 Å². The summed E-state index contributed by atoms with van der Waals surface area (Å²) in [5, 5.41) is 2.90. The summed E-state index contributed by atoms with van der Waals surface area (Å²) in [5.41, 5.74) is 7.74. The minimum absolute atomic E-state index is 0. The number of imidazole rings is 1. The lowest BCUT2D eigenvalue weighted by molar-refractivity contribution is -0.123. The molecule has 1 aromatic heterocycles. The first-order valence-electron chi connectivity index (χ1n) is 6.98. The Labute approximate surface area is 143 Å². The van der Waals surface area contributed by atoms with Crippen molar-refractivity contribution < 1.29 is 4.79 Å². The molecule has 2 rings (SSSR count). The summed E-state index contributed by atoms with van der Waals surface area (Å²) in [6.45, 7) is 6.00. The van der Waals surface area contributed by atoms with E-state index in [0.717, 1.165) is 16.9 Å². The van der Waals surface area contributed by atoms with E-state index in [1.807, 2.05) is 31.2 Å². The van der Waals surface area contributed by atoms with E-state index < -0.39 is 6.04 Å². The molecule has 5 nitrogen and oxygen atoms in total. The molecule has 0 spiro atoms. The van der Waals surface area contributed by atoms with Gasteiger partial charge in [0.1, 0.15) is 5.82 Å². The molecular weight excluding hydrogens is 323 g/mol. The monoisotopic (exact) mass is 346 g/mol. The fraction of sp³-hybridized carbons (Fsp3) is 0.467. The lowest BCUT2D eigenvalue weighted by Gasteiger charge is -2.17. The Hall–Kier alpha value is -1.30. The number of aromatic amines is 1. The highest BCUT2D eigenvalue weighted by atomic mass is 35.5. The van der Waals surface area contributed by atoms with Crippen LogP contribution in [-0.4, -0.2) is 21.9 Å². The van der Waals surface area contributed by atoms with Gasteiger partial charge in [0.25, 0.3) is 0 Å². The molecule has 0 aliphatic carbocycles. The van der Waals surface area contributed by atoms with Gasteiger partial charge in [0.05, 0.1) is 23.1 Å². The highest BCUT2D eigenvalue weighted by Gasteiger charge is 2.19. The number of para-hydroxylation sites is 2. The summed E-state index contributed by atoms with van der Waals surface area (Å²) in [6, 6.07) is 7.13. The highest BCUT2D eigenvalue weighted by molar-refractivity contribution is 5.85. The Morgan fingerprint density at radius 3 is 2.50 bits per heavy atom. The maximum atomic E-state index is 12.0. The molecule has 0 bridgehead atoms. The SMILES string of the molecule is CC(C)C[C@H](N)C(=O)NC(C)c1nc2ccccc2[nH]1.Cl.Cl. The van der Waals surface area contributed by atoms with E-state index in [0.29, 0.717) is 12.3 Å². The minimum Gasteiger partial charge on any atom is -0.345 e. The van der Waals surface area contributed by atoms with Gasteiger partial charge in [0.2, 0.25) is 5.91 Å². The van der Waals surface area contributed by atoms with E-state index in [4.69, 9.17) is 5.73 Å². The van der Waals surface area contributed by atoms with Crippen LogP contribution in [0.4, 0.5) is 0 Å². The third-order valence-corrected chi connectivity index (χ3v) is 3.24. The Kier molecular flexibility index (Phi) is 8.45. The predicted octanol–water partition coefficient (Wildman–Crippen LogP) is 2.96. The van der Waals surface area contributed by atoms with Crippen LogP contribution in [-0.2, 0) is 4.79 Å². The molecule has 0 saturated carbocycles. The zero-order valence-electron chi connectivity index (χ0n) is 13.0. The number of hydrogen-bond acceptors (Lipinski definition) is 3. The molecule has 1 unspecified atom stereocenters. The van der Waals surface area contributed by atoms with E-state index in [-0.39, 0.29) is 36.8 Å². The van der Waals surface area contributed by atoms with E-state index in [9.17, 15) is 4.79 Å².